The SMILES string of the molecule is N#Cc1cccc(/C=C2\N=C(c3ccccc3)OC2=O)c1. The van der Waals surface area contributed by atoms with E-state index in [1.54, 1.807) is 30.3 Å². The third kappa shape index (κ3) is 2.72. The average molecular weight is 274 g/mol. The molecule has 2 aromatic rings. The van der Waals surface area contributed by atoms with Crippen LogP contribution >= 0.6 is 0 Å². The molecular weight excluding hydrogens is 264 g/mol. The Bertz CT molecular complexity index is 799. The first-order valence-corrected chi connectivity index (χ1v) is 6.34. The average Bonchev–Trinajstić information content (AvgIpc) is 2.89. The van der Waals surface area contributed by atoms with E-state index in [0.29, 0.717) is 11.5 Å². The molecule has 0 fully saturated rings. The van der Waals surface area contributed by atoms with Crippen molar-refractivity contribution < 1.29 is 9.53 Å². The molecule has 0 aliphatic carbocycles. The highest BCUT2D eigenvalue weighted by molar-refractivity contribution is 6.12. The molecular formula is C17H10N2O2. The maximum atomic E-state index is 11.8. The van der Waals surface area contributed by atoms with Crippen molar-refractivity contribution in [1.82, 2.24) is 0 Å². The van der Waals surface area contributed by atoms with Gasteiger partial charge in [-0.05, 0) is 35.9 Å². The largest absolute Gasteiger partial charge is 0.402 e. The lowest BCUT2D eigenvalue weighted by atomic mass is 10.1. The molecule has 1 aliphatic rings. The van der Waals surface area contributed by atoms with Crippen molar-refractivity contribution in [2.45, 2.75) is 0 Å². The van der Waals surface area contributed by atoms with E-state index in [0.717, 1.165) is 11.1 Å². The Morgan fingerprint density at radius 3 is 2.67 bits per heavy atom. The minimum atomic E-state index is -0.490. The summed E-state index contributed by atoms with van der Waals surface area (Å²) in [5.74, 6) is -0.195. The fraction of sp³-hybridized carbons (Fsp3) is 0. The summed E-state index contributed by atoms with van der Waals surface area (Å²) in [4.78, 5) is 16.1. The van der Waals surface area contributed by atoms with E-state index >= 15 is 0 Å². The van der Waals surface area contributed by atoms with Gasteiger partial charge in [0.25, 0.3) is 0 Å². The normalized spacial score (nSPS) is 15.5. The summed E-state index contributed by atoms with van der Waals surface area (Å²) in [5, 5.41) is 8.88. The Hall–Kier alpha value is -3.19. The van der Waals surface area contributed by atoms with Crippen LogP contribution in [0.5, 0.6) is 0 Å². The van der Waals surface area contributed by atoms with Crippen LogP contribution in [0.3, 0.4) is 0 Å². The molecule has 100 valence electrons. The van der Waals surface area contributed by atoms with Crippen molar-refractivity contribution in [2.24, 2.45) is 4.99 Å². The van der Waals surface area contributed by atoms with Gasteiger partial charge in [-0.1, -0.05) is 30.3 Å². The zero-order valence-electron chi connectivity index (χ0n) is 11.0. The van der Waals surface area contributed by atoms with Gasteiger partial charge in [-0.15, -0.1) is 0 Å². The van der Waals surface area contributed by atoms with Crippen LogP contribution in [0.2, 0.25) is 0 Å². The van der Waals surface area contributed by atoms with E-state index in [2.05, 4.69) is 11.1 Å². The number of hydrogen-bond donors (Lipinski definition) is 0. The Morgan fingerprint density at radius 2 is 1.90 bits per heavy atom. The van der Waals surface area contributed by atoms with Gasteiger partial charge in [0.2, 0.25) is 5.90 Å². The van der Waals surface area contributed by atoms with Crippen molar-refractivity contribution in [2.75, 3.05) is 0 Å². The molecule has 0 saturated carbocycles. The van der Waals surface area contributed by atoms with Crippen molar-refractivity contribution in [3.05, 3.63) is 77.0 Å². The summed E-state index contributed by atoms with van der Waals surface area (Å²) in [6.07, 6.45) is 1.61. The monoisotopic (exact) mass is 274 g/mol. The highest BCUT2D eigenvalue weighted by Gasteiger charge is 2.23. The summed E-state index contributed by atoms with van der Waals surface area (Å²) < 4.78 is 5.17. The topological polar surface area (TPSA) is 62.4 Å². The van der Waals surface area contributed by atoms with Crippen LogP contribution in [0.25, 0.3) is 6.08 Å². The van der Waals surface area contributed by atoms with E-state index < -0.39 is 5.97 Å². The van der Waals surface area contributed by atoms with Crippen molar-refractivity contribution in [3.8, 4) is 6.07 Å². The minimum Gasteiger partial charge on any atom is -0.402 e. The Balaban J connectivity index is 1.95. The molecule has 2 aromatic carbocycles. The van der Waals surface area contributed by atoms with Crippen LogP contribution in [-0.2, 0) is 9.53 Å². The summed E-state index contributed by atoms with van der Waals surface area (Å²) in [5.41, 5.74) is 2.24. The number of nitrogens with zero attached hydrogens (tertiary/aromatic N) is 2. The van der Waals surface area contributed by atoms with Gasteiger partial charge in [-0.2, -0.15) is 5.26 Å². The molecule has 0 aromatic heterocycles. The van der Waals surface area contributed by atoms with Crippen LogP contribution in [0.15, 0.2) is 65.3 Å². The molecule has 3 rings (SSSR count). The quantitative estimate of drug-likeness (QED) is 0.625. The summed E-state index contributed by atoms with van der Waals surface area (Å²) in [6.45, 7) is 0. The smallest absolute Gasteiger partial charge is 0.363 e. The van der Waals surface area contributed by atoms with Gasteiger partial charge >= 0.3 is 5.97 Å². The number of rotatable bonds is 2. The second kappa shape index (κ2) is 5.43. The molecule has 0 N–H and O–H groups in total. The summed E-state index contributed by atoms with van der Waals surface area (Å²) in [6, 6.07) is 18.2. The predicted octanol–water partition coefficient (Wildman–Crippen LogP) is 2.90. The summed E-state index contributed by atoms with van der Waals surface area (Å²) in [7, 11) is 0. The molecule has 0 atom stereocenters. The number of nitriles is 1. The molecule has 0 unspecified atom stereocenters. The van der Waals surface area contributed by atoms with Gasteiger partial charge < -0.3 is 4.74 Å². The van der Waals surface area contributed by atoms with Crippen molar-refractivity contribution in [3.63, 3.8) is 0 Å². The first-order valence-electron chi connectivity index (χ1n) is 6.34. The Kier molecular flexibility index (Phi) is 3.32. The zero-order chi connectivity index (χ0) is 14.7. The highest BCUT2D eigenvalue weighted by atomic mass is 16.6. The van der Waals surface area contributed by atoms with Crippen LogP contribution in [0.4, 0.5) is 0 Å². The first kappa shape index (κ1) is 12.8. The number of benzene rings is 2. The lowest BCUT2D eigenvalue weighted by Gasteiger charge is -1.97. The molecule has 0 amide bonds. The number of carbonyl (C=O) groups is 1. The van der Waals surface area contributed by atoms with Gasteiger partial charge in [0.05, 0.1) is 11.6 Å². The van der Waals surface area contributed by atoms with E-state index in [1.807, 2.05) is 30.3 Å². The molecule has 0 bridgehead atoms. The van der Waals surface area contributed by atoms with E-state index in [4.69, 9.17) is 10.00 Å². The fourth-order valence-corrected chi connectivity index (χ4v) is 1.97. The second-order valence-electron chi connectivity index (χ2n) is 4.44. The number of cyclic esters (lactones) is 1. The molecule has 4 nitrogen and oxygen atoms in total. The number of esters is 1. The summed E-state index contributed by atoms with van der Waals surface area (Å²) >= 11 is 0. The minimum absolute atomic E-state index is 0.226. The van der Waals surface area contributed by atoms with Gasteiger partial charge in [-0.3, -0.25) is 0 Å². The number of aliphatic imine (C=N–C) groups is 1. The van der Waals surface area contributed by atoms with Gasteiger partial charge in [0.15, 0.2) is 5.70 Å². The maximum absolute atomic E-state index is 11.8. The van der Waals surface area contributed by atoms with Gasteiger partial charge in [0, 0.05) is 5.56 Å². The van der Waals surface area contributed by atoms with Crippen LogP contribution in [0.1, 0.15) is 16.7 Å². The van der Waals surface area contributed by atoms with Crippen molar-refractivity contribution >= 4 is 17.9 Å². The van der Waals surface area contributed by atoms with Gasteiger partial charge in [-0.25, -0.2) is 9.79 Å². The molecule has 0 saturated heterocycles. The van der Waals surface area contributed by atoms with Crippen LogP contribution in [-0.4, -0.2) is 11.9 Å². The number of ether oxygens (including phenoxy) is 1. The fourth-order valence-electron chi connectivity index (χ4n) is 1.97. The molecule has 1 aliphatic heterocycles. The maximum Gasteiger partial charge on any atom is 0.363 e. The third-order valence-electron chi connectivity index (χ3n) is 2.96. The van der Waals surface area contributed by atoms with Crippen LogP contribution < -0.4 is 0 Å². The molecule has 0 radical (unpaired) electrons. The molecule has 0 spiro atoms. The Labute approximate surface area is 121 Å². The molecule has 4 heteroatoms. The predicted molar refractivity (Wildman–Crippen MR) is 78.2 cm³/mol. The number of carbonyl (C=O) groups excluding carboxylic acids is 1. The van der Waals surface area contributed by atoms with E-state index in [1.165, 1.54) is 0 Å². The van der Waals surface area contributed by atoms with E-state index in [9.17, 15) is 4.79 Å². The molecule has 1 heterocycles. The highest BCUT2D eigenvalue weighted by Crippen LogP contribution is 2.19. The van der Waals surface area contributed by atoms with E-state index in [-0.39, 0.29) is 5.70 Å². The first-order chi connectivity index (χ1) is 10.3. The standard InChI is InChI=1S/C17H10N2O2/c18-11-13-6-4-5-12(9-13)10-15-17(20)21-16(19-15)14-7-2-1-3-8-14/h1-10H/b15-10-. The lowest BCUT2D eigenvalue weighted by molar-refractivity contribution is -0.129. The zero-order valence-corrected chi connectivity index (χ0v) is 11.0. The number of hydrogen-bond acceptors (Lipinski definition) is 4. The lowest BCUT2D eigenvalue weighted by Crippen LogP contribution is -2.04. The molecule has 21 heavy (non-hydrogen) atoms. The Morgan fingerprint density at radius 1 is 1.10 bits per heavy atom. The van der Waals surface area contributed by atoms with Crippen molar-refractivity contribution in [1.29, 1.82) is 5.26 Å². The third-order valence-corrected chi connectivity index (χ3v) is 2.96. The van der Waals surface area contributed by atoms with Crippen LogP contribution in [0, 0.1) is 11.3 Å². The van der Waals surface area contributed by atoms with Gasteiger partial charge in [0.1, 0.15) is 0 Å². The second-order valence-corrected chi connectivity index (χ2v) is 4.44.